The molecule has 0 aromatic heterocycles. The van der Waals surface area contributed by atoms with Gasteiger partial charge in [-0.3, -0.25) is 4.79 Å². The van der Waals surface area contributed by atoms with E-state index in [0.717, 1.165) is 12.1 Å². The van der Waals surface area contributed by atoms with Gasteiger partial charge in [-0.2, -0.15) is 0 Å². The van der Waals surface area contributed by atoms with Crippen molar-refractivity contribution in [2.75, 3.05) is 17.2 Å². The van der Waals surface area contributed by atoms with E-state index in [-0.39, 0.29) is 5.91 Å². The summed E-state index contributed by atoms with van der Waals surface area (Å²) in [7, 11) is 0. The molecular formula is C22H20ClN3OS. The number of rotatable bonds is 6. The molecule has 3 aromatic rings. The molecule has 0 radical (unpaired) electrons. The van der Waals surface area contributed by atoms with Crippen LogP contribution in [0.15, 0.2) is 78.9 Å². The van der Waals surface area contributed by atoms with Gasteiger partial charge in [-0.25, -0.2) is 0 Å². The van der Waals surface area contributed by atoms with Crippen LogP contribution in [0.2, 0.25) is 5.02 Å². The third-order valence-electron chi connectivity index (χ3n) is 4.06. The zero-order valence-corrected chi connectivity index (χ0v) is 16.7. The Hall–Kier alpha value is -2.89. The van der Waals surface area contributed by atoms with E-state index in [9.17, 15) is 4.79 Å². The van der Waals surface area contributed by atoms with Crippen molar-refractivity contribution >= 4 is 46.2 Å². The second-order valence-electron chi connectivity index (χ2n) is 6.12. The third-order valence-corrected chi connectivity index (χ3v) is 4.52. The fraction of sp³-hybridized carbons (Fsp3) is 0.0909. The average molecular weight is 410 g/mol. The summed E-state index contributed by atoms with van der Waals surface area (Å²) in [6.07, 6.45) is 0.776. The Morgan fingerprint density at radius 2 is 1.54 bits per heavy atom. The molecule has 0 saturated heterocycles. The van der Waals surface area contributed by atoms with Crippen molar-refractivity contribution in [3.05, 3.63) is 95.0 Å². The van der Waals surface area contributed by atoms with Gasteiger partial charge in [-0.15, -0.1) is 0 Å². The summed E-state index contributed by atoms with van der Waals surface area (Å²) < 4.78 is 0. The Bertz CT molecular complexity index is 946. The summed E-state index contributed by atoms with van der Waals surface area (Å²) in [5, 5.41) is 10.2. The first-order valence-corrected chi connectivity index (χ1v) is 9.65. The van der Waals surface area contributed by atoms with E-state index in [4.69, 9.17) is 23.8 Å². The molecule has 4 nitrogen and oxygen atoms in total. The van der Waals surface area contributed by atoms with Crippen LogP contribution in [0.5, 0.6) is 0 Å². The number of carbonyl (C=O) groups is 1. The summed E-state index contributed by atoms with van der Waals surface area (Å²) in [4.78, 5) is 12.6. The van der Waals surface area contributed by atoms with Crippen LogP contribution in [0, 0.1) is 0 Å². The molecule has 0 unspecified atom stereocenters. The molecule has 28 heavy (non-hydrogen) atoms. The molecule has 6 heteroatoms. The number of benzene rings is 3. The van der Waals surface area contributed by atoms with E-state index < -0.39 is 0 Å². The molecule has 0 bridgehead atoms. The molecule has 0 aliphatic carbocycles. The topological polar surface area (TPSA) is 53.2 Å². The lowest BCUT2D eigenvalue weighted by atomic mass is 10.1. The first-order valence-electron chi connectivity index (χ1n) is 8.86. The largest absolute Gasteiger partial charge is 0.352 e. The maximum absolute atomic E-state index is 12.6. The molecule has 1 amide bonds. The van der Waals surface area contributed by atoms with Crippen molar-refractivity contribution in [3.63, 3.8) is 0 Å². The highest BCUT2D eigenvalue weighted by molar-refractivity contribution is 7.80. The summed E-state index contributed by atoms with van der Waals surface area (Å²) in [5.74, 6) is -0.145. The zero-order valence-electron chi connectivity index (χ0n) is 15.1. The Labute approximate surface area is 174 Å². The minimum absolute atomic E-state index is 0.145. The van der Waals surface area contributed by atoms with Gasteiger partial charge in [0.25, 0.3) is 5.91 Å². The fourth-order valence-electron chi connectivity index (χ4n) is 2.67. The summed E-state index contributed by atoms with van der Waals surface area (Å²) in [6, 6.07) is 24.5. The molecule has 142 valence electrons. The highest BCUT2D eigenvalue weighted by atomic mass is 35.5. The predicted molar refractivity (Wildman–Crippen MR) is 120 cm³/mol. The average Bonchev–Trinajstić information content (AvgIpc) is 2.71. The standard InChI is InChI=1S/C22H20ClN3OS/c23-17-10-12-18(13-11-17)25-22(28)26-20-9-5-4-8-19(20)21(27)24-15-14-16-6-2-1-3-7-16/h1-13H,14-15H2,(H,24,27)(H2,25,26,28). The maximum Gasteiger partial charge on any atom is 0.253 e. The van der Waals surface area contributed by atoms with Crippen LogP contribution in [-0.4, -0.2) is 17.6 Å². The maximum atomic E-state index is 12.6. The molecule has 3 rings (SSSR count). The second-order valence-corrected chi connectivity index (χ2v) is 6.97. The van der Waals surface area contributed by atoms with Gasteiger partial charge in [-0.1, -0.05) is 54.1 Å². The van der Waals surface area contributed by atoms with E-state index in [0.29, 0.717) is 27.9 Å². The lowest BCUT2D eigenvalue weighted by Gasteiger charge is -2.14. The van der Waals surface area contributed by atoms with Gasteiger partial charge in [0, 0.05) is 17.3 Å². The Kier molecular flexibility index (Phi) is 7.00. The summed E-state index contributed by atoms with van der Waals surface area (Å²) in [5.41, 5.74) is 3.18. The zero-order chi connectivity index (χ0) is 19.8. The first-order chi connectivity index (χ1) is 13.6. The van der Waals surface area contributed by atoms with Crippen LogP contribution in [0.4, 0.5) is 11.4 Å². The van der Waals surface area contributed by atoms with Gasteiger partial charge in [0.05, 0.1) is 11.3 Å². The van der Waals surface area contributed by atoms with Gasteiger partial charge in [0.1, 0.15) is 0 Å². The van der Waals surface area contributed by atoms with E-state index in [1.54, 1.807) is 18.2 Å². The van der Waals surface area contributed by atoms with Crippen molar-refractivity contribution < 1.29 is 4.79 Å². The fourth-order valence-corrected chi connectivity index (χ4v) is 3.02. The molecule has 0 fully saturated rings. The molecule has 3 aromatic carbocycles. The Morgan fingerprint density at radius 3 is 2.29 bits per heavy atom. The SMILES string of the molecule is O=C(NCCc1ccccc1)c1ccccc1NC(=S)Nc1ccc(Cl)cc1. The Morgan fingerprint density at radius 1 is 0.857 bits per heavy atom. The van der Waals surface area contributed by atoms with Crippen LogP contribution in [0.3, 0.4) is 0 Å². The van der Waals surface area contributed by atoms with Crippen molar-refractivity contribution in [2.45, 2.75) is 6.42 Å². The van der Waals surface area contributed by atoms with Gasteiger partial charge in [0.2, 0.25) is 0 Å². The number of carbonyl (C=O) groups excluding carboxylic acids is 1. The monoisotopic (exact) mass is 409 g/mol. The molecule has 0 heterocycles. The molecule has 0 aliphatic heterocycles. The summed E-state index contributed by atoms with van der Waals surface area (Å²) in [6.45, 7) is 0.560. The minimum Gasteiger partial charge on any atom is -0.352 e. The molecule has 0 saturated carbocycles. The van der Waals surface area contributed by atoms with Crippen LogP contribution in [0.1, 0.15) is 15.9 Å². The lowest BCUT2D eigenvalue weighted by molar-refractivity contribution is 0.0955. The van der Waals surface area contributed by atoms with Crippen molar-refractivity contribution in [1.29, 1.82) is 0 Å². The molecule has 3 N–H and O–H groups in total. The normalized spacial score (nSPS) is 10.2. The van der Waals surface area contributed by atoms with Crippen molar-refractivity contribution in [2.24, 2.45) is 0 Å². The highest BCUT2D eigenvalue weighted by Crippen LogP contribution is 2.17. The number of hydrogen-bond acceptors (Lipinski definition) is 2. The quantitative estimate of drug-likeness (QED) is 0.494. The number of amides is 1. The lowest BCUT2D eigenvalue weighted by Crippen LogP contribution is -2.28. The van der Waals surface area contributed by atoms with E-state index >= 15 is 0 Å². The number of halogens is 1. The van der Waals surface area contributed by atoms with Gasteiger partial charge >= 0.3 is 0 Å². The van der Waals surface area contributed by atoms with Gasteiger partial charge in [-0.05, 0) is 60.6 Å². The van der Waals surface area contributed by atoms with Crippen LogP contribution in [-0.2, 0) is 6.42 Å². The van der Waals surface area contributed by atoms with Crippen LogP contribution in [0.25, 0.3) is 0 Å². The van der Waals surface area contributed by atoms with Crippen molar-refractivity contribution in [3.8, 4) is 0 Å². The number of para-hydroxylation sites is 1. The first kappa shape index (κ1) is 19.9. The number of anilines is 2. The minimum atomic E-state index is -0.145. The number of thiocarbonyl (C=S) groups is 1. The predicted octanol–water partition coefficient (Wildman–Crippen LogP) is 5.12. The van der Waals surface area contributed by atoms with Crippen LogP contribution >= 0.6 is 23.8 Å². The summed E-state index contributed by atoms with van der Waals surface area (Å²) >= 11 is 11.3. The van der Waals surface area contributed by atoms with Crippen LogP contribution < -0.4 is 16.0 Å². The second kappa shape index (κ2) is 9.88. The van der Waals surface area contributed by atoms with Crippen molar-refractivity contribution in [1.82, 2.24) is 5.32 Å². The molecule has 0 atom stereocenters. The molecule has 0 aliphatic rings. The Balaban J connectivity index is 1.59. The number of hydrogen-bond donors (Lipinski definition) is 3. The third kappa shape index (κ3) is 5.81. The molecule has 0 spiro atoms. The van der Waals surface area contributed by atoms with E-state index in [1.165, 1.54) is 5.56 Å². The highest BCUT2D eigenvalue weighted by Gasteiger charge is 2.11. The van der Waals surface area contributed by atoms with E-state index in [2.05, 4.69) is 16.0 Å². The number of nitrogens with one attached hydrogen (secondary N) is 3. The molecular weight excluding hydrogens is 390 g/mol. The van der Waals surface area contributed by atoms with Gasteiger partial charge < -0.3 is 16.0 Å². The smallest absolute Gasteiger partial charge is 0.253 e. The van der Waals surface area contributed by atoms with Gasteiger partial charge in [0.15, 0.2) is 5.11 Å². The van der Waals surface area contributed by atoms with E-state index in [1.807, 2.05) is 60.7 Å².